The Morgan fingerprint density at radius 3 is 1.40 bits per heavy atom. The number of benzene rings is 9. The predicted octanol–water partition coefficient (Wildman–Crippen LogP) is 18.0. The first-order chi connectivity index (χ1) is 32.1. The summed E-state index contributed by atoms with van der Waals surface area (Å²) in [5, 5.41) is 5.54. The van der Waals surface area contributed by atoms with Gasteiger partial charge in [-0.2, -0.15) is 0 Å². The molecule has 13 rings (SSSR count). The summed E-state index contributed by atoms with van der Waals surface area (Å²) in [7, 11) is 0. The van der Waals surface area contributed by atoms with Crippen LogP contribution in [0, 0.1) is 0 Å². The Morgan fingerprint density at radius 1 is 0.299 bits per heavy atom. The summed E-state index contributed by atoms with van der Waals surface area (Å²) in [4.78, 5) is 2.52. The van der Waals surface area contributed by atoms with Crippen LogP contribution in [0.4, 0.5) is 17.1 Å². The van der Waals surface area contributed by atoms with Gasteiger partial charge in [0.15, 0.2) is 0 Å². The van der Waals surface area contributed by atoms with Gasteiger partial charge >= 0.3 is 0 Å². The second kappa shape index (κ2) is 13.4. The van der Waals surface area contributed by atoms with Crippen LogP contribution in [0.1, 0.15) is 125 Å². The average Bonchev–Trinajstić information content (AvgIpc) is 3.90. The number of fused-ring (bicyclic) bond motifs is 9. The van der Waals surface area contributed by atoms with Crippen molar-refractivity contribution in [3.8, 4) is 33.4 Å². The van der Waals surface area contributed by atoms with Crippen molar-refractivity contribution in [2.24, 2.45) is 0 Å². The van der Waals surface area contributed by atoms with Crippen molar-refractivity contribution in [2.75, 3.05) is 4.90 Å². The van der Waals surface area contributed by atoms with Gasteiger partial charge in [0.2, 0.25) is 0 Å². The molecule has 4 aliphatic rings. The normalized spacial score (nSPS) is 16.9. The molecule has 1 nitrogen and oxygen atoms in total. The molecule has 0 unspecified atom stereocenters. The molecule has 1 heteroatoms. The molecule has 326 valence electrons. The minimum absolute atomic E-state index is 0.0463. The zero-order chi connectivity index (χ0) is 46.1. The van der Waals surface area contributed by atoms with Crippen molar-refractivity contribution >= 4 is 49.8 Å². The Bertz CT molecular complexity index is 3710. The Balaban J connectivity index is 0.920. The molecule has 0 heterocycles. The van der Waals surface area contributed by atoms with E-state index < -0.39 is 0 Å². The van der Waals surface area contributed by atoms with Crippen molar-refractivity contribution in [1.82, 2.24) is 0 Å². The number of nitrogens with zero attached hydrogens (tertiary/aromatic N) is 1. The van der Waals surface area contributed by atoms with Crippen molar-refractivity contribution in [3.63, 3.8) is 0 Å². The molecule has 0 amide bonds. The van der Waals surface area contributed by atoms with E-state index in [4.69, 9.17) is 0 Å². The molecule has 0 bridgehead atoms. The highest BCUT2D eigenvalue weighted by molar-refractivity contribution is 6.15. The molecule has 0 atom stereocenters. The van der Waals surface area contributed by atoms with Crippen molar-refractivity contribution in [2.45, 2.75) is 90.9 Å². The zero-order valence-electron chi connectivity index (χ0n) is 40.5. The summed E-state index contributed by atoms with van der Waals surface area (Å²) in [5.41, 5.74) is 27.6. The highest BCUT2D eigenvalue weighted by atomic mass is 15.1. The molecule has 0 saturated heterocycles. The molecule has 0 aromatic heterocycles. The first kappa shape index (κ1) is 40.3. The van der Waals surface area contributed by atoms with Crippen LogP contribution >= 0.6 is 0 Å². The molecule has 9 aromatic rings. The summed E-state index contributed by atoms with van der Waals surface area (Å²) in [6.45, 7) is 23.8. The van der Waals surface area contributed by atoms with Gasteiger partial charge < -0.3 is 4.90 Å². The van der Waals surface area contributed by atoms with Crippen molar-refractivity contribution < 1.29 is 0 Å². The van der Waals surface area contributed by atoms with E-state index in [-0.39, 0.29) is 21.7 Å². The Morgan fingerprint density at radius 2 is 0.731 bits per heavy atom. The van der Waals surface area contributed by atoms with Crippen LogP contribution in [0.15, 0.2) is 164 Å². The third-order valence-electron chi connectivity index (χ3n) is 17.3. The molecular weight excluding hydrogens is 807 g/mol. The fraction of sp³-hybridized carbons (Fsp3) is 0.212. The van der Waals surface area contributed by atoms with Gasteiger partial charge in [0, 0.05) is 38.7 Å². The van der Waals surface area contributed by atoms with Gasteiger partial charge in [-0.05, 0) is 190 Å². The molecule has 0 spiro atoms. The molecule has 0 N–H and O–H groups in total. The minimum Gasteiger partial charge on any atom is -0.310 e. The van der Waals surface area contributed by atoms with E-state index in [1.54, 1.807) is 0 Å². The van der Waals surface area contributed by atoms with Gasteiger partial charge in [-0.15, -0.1) is 0 Å². The summed E-state index contributed by atoms with van der Waals surface area (Å²) >= 11 is 0. The van der Waals surface area contributed by atoms with E-state index in [9.17, 15) is 0 Å². The molecule has 0 fully saturated rings. The van der Waals surface area contributed by atoms with E-state index in [1.165, 1.54) is 139 Å². The summed E-state index contributed by atoms with van der Waals surface area (Å²) < 4.78 is 0. The highest BCUT2D eigenvalue weighted by Crippen LogP contribution is 2.56. The SMILES string of the molecule is C/C(=C(/C)c1cc2c3c(ccc4cccc(c43)C2(C)C)c1)c1ccc2c(c1)C(C)(C)c1cc(N(c3ccc4c(c3)-c3ccccc3C4(C)C)c3ccc4c(c3)C(C)(C)c3ccccc3-4)ccc1-2. The highest BCUT2D eigenvalue weighted by Gasteiger charge is 2.40. The lowest BCUT2D eigenvalue weighted by atomic mass is 9.80. The third kappa shape index (κ3) is 5.32. The summed E-state index contributed by atoms with van der Waals surface area (Å²) in [6.07, 6.45) is 0. The molecular formula is C66H57N. The molecule has 0 saturated carbocycles. The third-order valence-corrected chi connectivity index (χ3v) is 17.3. The number of hydrogen-bond donors (Lipinski definition) is 0. The lowest BCUT2D eigenvalue weighted by molar-refractivity contribution is 0.659. The van der Waals surface area contributed by atoms with E-state index in [1.807, 2.05) is 0 Å². The zero-order valence-corrected chi connectivity index (χ0v) is 40.5. The van der Waals surface area contributed by atoms with Crippen LogP contribution in [0.5, 0.6) is 0 Å². The van der Waals surface area contributed by atoms with E-state index in [2.05, 4.69) is 238 Å². The van der Waals surface area contributed by atoms with Gasteiger partial charge in [-0.25, -0.2) is 0 Å². The maximum atomic E-state index is 2.52. The summed E-state index contributed by atoms with van der Waals surface area (Å²) in [6, 6.07) is 63.2. The van der Waals surface area contributed by atoms with Gasteiger partial charge in [-0.1, -0.05) is 165 Å². The molecule has 0 radical (unpaired) electrons. The van der Waals surface area contributed by atoms with Crippen LogP contribution in [-0.4, -0.2) is 0 Å². The van der Waals surface area contributed by atoms with Gasteiger partial charge in [0.25, 0.3) is 0 Å². The fourth-order valence-corrected chi connectivity index (χ4v) is 13.3. The lowest BCUT2D eigenvalue weighted by Crippen LogP contribution is -2.18. The second-order valence-electron chi connectivity index (χ2n) is 22.2. The first-order valence-electron chi connectivity index (χ1n) is 24.3. The monoisotopic (exact) mass is 863 g/mol. The average molecular weight is 864 g/mol. The lowest BCUT2D eigenvalue weighted by Gasteiger charge is -2.30. The molecule has 67 heavy (non-hydrogen) atoms. The van der Waals surface area contributed by atoms with Crippen LogP contribution in [0.3, 0.4) is 0 Å². The maximum absolute atomic E-state index is 2.52. The maximum Gasteiger partial charge on any atom is 0.0468 e. The smallest absolute Gasteiger partial charge is 0.0468 e. The Hall–Kier alpha value is -6.96. The second-order valence-corrected chi connectivity index (χ2v) is 22.2. The number of rotatable bonds is 5. The standard InChI is InChI=1S/C66H57N/c1-38(39(2)43-32-42-23-22-40-16-15-21-56-61(40)62(42)60(34-43)65(56,7)8)41-24-28-49-51-30-26-46(37-59(51)66(9,10)57(49)33-41)67(44-27-31-55-52(35-44)48-18-12-14-20-54(48)63(55,3)4)45-25-29-50-47-17-11-13-19-53(47)64(5,6)58(50)36-45/h11-37H,1-10H3/b39-38+. The number of hydrogen-bond acceptors (Lipinski definition) is 1. The van der Waals surface area contributed by atoms with Crippen molar-refractivity contribution in [1.29, 1.82) is 0 Å². The van der Waals surface area contributed by atoms with Crippen LogP contribution in [0.25, 0.3) is 66.1 Å². The number of allylic oxidation sites excluding steroid dienone is 2. The van der Waals surface area contributed by atoms with Gasteiger partial charge in [-0.3, -0.25) is 0 Å². The minimum atomic E-state index is -0.213. The Kier molecular flexibility index (Phi) is 8.04. The van der Waals surface area contributed by atoms with E-state index >= 15 is 0 Å². The van der Waals surface area contributed by atoms with Gasteiger partial charge in [0.1, 0.15) is 0 Å². The molecule has 0 aliphatic heterocycles. The Labute approximate surface area is 396 Å². The first-order valence-corrected chi connectivity index (χ1v) is 24.3. The van der Waals surface area contributed by atoms with E-state index in [0.29, 0.717) is 0 Å². The quantitative estimate of drug-likeness (QED) is 0.123. The van der Waals surface area contributed by atoms with E-state index in [0.717, 1.165) is 0 Å². The van der Waals surface area contributed by atoms with Crippen LogP contribution < -0.4 is 4.90 Å². The number of anilines is 3. The molecule has 4 aliphatic carbocycles. The van der Waals surface area contributed by atoms with Crippen LogP contribution in [-0.2, 0) is 21.7 Å². The topological polar surface area (TPSA) is 3.24 Å². The molecule has 9 aromatic carbocycles. The van der Waals surface area contributed by atoms with Crippen molar-refractivity contribution in [3.05, 3.63) is 219 Å². The summed E-state index contributed by atoms with van der Waals surface area (Å²) in [5.74, 6) is 0. The predicted molar refractivity (Wildman–Crippen MR) is 286 cm³/mol. The largest absolute Gasteiger partial charge is 0.310 e. The fourth-order valence-electron chi connectivity index (χ4n) is 13.3. The van der Waals surface area contributed by atoms with Crippen LogP contribution in [0.2, 0.25) is 0 Å². The van der Waals surface area contributed by atoms with Gasteiger partial charge in [0.05, 0.1) is 0 Å².